The van der Waals surface area contributed by atoms with Gasteiger partial charge in [0.15, 0.2) is 12.8 Å². The van der Waals surface area contributed by atoms with E-state index in [-0.39, 0.29) is 19.0 Å². The van der Waals surface area contributed by atoms with Crippen molar-refractivity contribution in [1.29, 1.82) is 0 Å². The van der Waals surface area contributed by atoms with Crippen LogP contribution in [0.15, 0.2) is 70.8 Å². The molecule has 0 fully saturated rings. The first-order chi connectivity index (χ1) is 13.2. The molecular weight excluding hydrogens is 370 g/mol. The predicted octanol–water partition coefficient (Wildman–Crippen LogP) is 3.34. The van der Waals surface area contributed by atoms with E-state index in [4.69, 9.17) is 20.4 Å². The Hall–Kier alpha value is -3.39. The third-order valence-electron chi connectivity index (χ3n) is 3.91. The summed E-state index contributed by atoms with van der Waals surface area (Å²) in [6.07, 6.45) is 9.08. The van der Waals surface area contributed by atoms with E-state index < -0.39 is 0 Å². The molecule has 0 saturated carbocycles. The van der Waals surface area contributed by atoms with Gasteiger partial charge in [0.25, 0.3) is 5.91 Å². The molecule has 0 aliphatic heterocycles. The number of hydrogen-bond acceptors (Lipinski definition) is 6. The van der Waals surface area contributed by atoms with Crippen molar-refractivity contribution in [2.75, 3.05) is 0 Å². The highest BCUT2D eigenvalue weighted by molar-refractivity contribution is 6.33. The van der Waals surface area contributed by atoms with Gasteiger partial charge >= 0.3 is 0 Å². The molecular formula is C18H14ClN5O3. The zero-order chi connectivity index (χ0) is 18.6. The Bertz CT molecular complexity index is 977. The third kappa shape index (κ3) is 3.75. The van der Waals surface area contributed by atoms with Crippen LogP contribution < -0.4 is 0 Å². The topological polar surface area (TPSA) is 90.2 Å². The summed E-state index contributed by atoms with van der Waals surface area (Å²) in [4.78, 5) is 23.0. The Labute approximate surface area is 159 Å². The standard InChI is InChI=1S/C18H14ClN5O3/c19-17-3-2-15(24-5-1-4-22-24)6-16(17)18(25)23(7-13-9-26-11-20-13)8-14-10-27-12-21-14/h1-6,9-12H,7-8H2. The SMILES string of the molecule is O=C(c1cc(-n2cccn2)ccc1Cl)N(Cc1cocn1)Cc1cocn1. The van der Waals surface area contributed by atoms with Crippen LogP contribution in [0.5, 0.6) is 0 Å². The Balaban J connectivity index is 1.67. The van der Waals surface area contributed by atoms with E-state index in [0.29, 0.717) is 22.0 Å². The number of rotatable bonds is 6. The van der Waals surface area contributed by atoms with Crippen molar-refractivity contribution in [1.82, 2.24) is 24.6 Å². The van der Waals surface area contributed by atoms with Crippen LogP contribution in [0.2, 0.25) is 5.02 Å². The van der Waals surface area contributed by atoms with Gasteiger partial charge in [-0.1, -0.05) is 11.6 Å². The first-order valence-electron chi connectivity index (χ1n) is 8.03. The van der Waals surface area contributed by atoms with Gasteiger partial charge in [-0.25, -0.2) is 14.6 Å². The maximum atomic E-state index is 13.2. The Morgan fingerprint density at radius 2 is 1.81 bits per heavy atom. The van der Waals surface area contributed by atoms with Crippen molar-refractivity contribution in [2.45, 2.75) is 13.1 Å². The Morgan fingerprint density at radius 1 is 1.11 bits per heavy atom. The quantitative estimate of drug-likeness (QED) is 0.507. The predicted molar refractivity (Wildman–Crippen MR) is 95.2 cm³/mol. The summed E-state index contributed by atoms with van der Waals surface area (Å²) in [6, 6.07) is 6.98. The van der Waals surface area contributed by atoms with Crippen molar-refractivity contribution in [3.8, 4) is 5.69 Å². The van der Waals surface area contributed by atoms with Gasteiger partial charge in [-0.15, -0.1) is 0 Å². The lowest BCUT2D eigenvalue weighted by Crippen LogP contribution is -2.30. The summed E-state index contributed by atoms with van der Waals surface area (Å²) in [5.74, 6) is -0.264. The zero-order valence-corrected chi connectivity index (χ0v) is 14.8. The molecule has 3 heterocycles. The molecule has 0 bridgehead atoms. The van der Waals surface area contributed by atoms with Gasteiger partial charge in [0.2, 0.25) is 0 Å². The maximum Gasteiger partial charge on any atom is 0.256 e. The van der Waals surface area contributed by atoms with Crippen LogP contribution in [-0.2, 0) is 13.1 Å². The van der Waals surface area contributed by atoms with Crippen molar-refractivity contribution in [2.24, 2.45) is 0 Å². The average molecular weight is 384 g/mol. The van der Waals surface area contributed by atoms with Crippen molar-refractivity contribution in [3.05, 3.63) is 83.9 Å². The fraction of sp³-hybridized carbons (Fsp3) is 0.111. The molecule has 0 saturated heterocycles. The molecule has 8 nitrogen and oxygen atoms in total. The van der Waals surface area contributed by atoms with E-state index in [1.165, 1.54) is 25.3 Å². The fourth-order valence-electron chi connectivity index (χ4n) is 2.63. The van der Waals surface area contributed by atoms with Gasteiger partial charge in [0, 0.05) is 12.4 Å². The fourth-order valence-corrected chi connectivity index (χ4v) is 2.83. The molecule has 136 valence electrons. The first kappa shape index (κ1) is 17.0. The summed E-state index contributed by atoms with van der Waals surface area (Å²) in [7, 11) is 0. The van der Waals surface area contributed by atoms with Gasteiger partial charge in [-0.2, -0.15) is 5.10 Å². The highest BCUT2D eigenvalue weighted by Gasteiger charge is 2.22. The molecule has 27 heavy (non-hydrogen) atoms. The zero-order valence-electron chi connectivity index (χ0n) is 14.0. The number of halogens is 1. The largest absolute Gasteiger partial charge is 0.451 e. The highest BCUT2D eigenvalue weighted by atomic mass is 35.5. The summed E-state index contributed by atoms with van der Waals surface area (Å²) in [5, 5.41) is 4.54. The number of carbonyl (C=O) groups is 1. The molecule has 0 aliphatic carbocycles. The van der Waals surface area contributed by atoms with E-state index in [9.17, 15) is 4.79 Å². The normalized spacial score (nSPS) is 10.9. The Morgan fingerprint density at radius 3 is 2.37 bits per heavy atom. The molecule has 9 heteroatoms. The summed E-state index contributed by atoms with van der Waals surface area (Å²) in [6.45, 7) is 0.481. The monoisotopic (exact) mass is 383 g/mol. The van der Waals surface area contributed by atoms with Gasteiger partial charge in [-0.3, -0.25) is 4.79 Å². The van der Waals surface area contributed by atoms with Crippen LogP contribution in [0.4, 0.5) is 0 Å². The lowest BCUT2D eigenvalue weighted by atomic mass is 10.1. The number of nitrogens with zero attached hydrogens (tertiary/aromatic N) is 5. The van der Waals surface area contributed by atoms with Gasteiger partial charge in [0.1, 0.15) is 12.5 Å². The van der Waals surface area contributed by atoms with E-state index in [2.05, 4.69) is 15.1 Å². The maximum absolute atomic E-state index is 13.2. The number of hydrogen-bond donors (Lipinski definition) is 0. The van der Waals surface area contributed by atoms with Crippen molar-refractivity contribution >= 4 is 17.5 Å². The third-order valence-corrected chi connectivity index (χ3v) is 4.24. The summed E-state index contributed by atoms with van der Waals surface area (Å²) >= 11 is 6.31. The summed E-state index contributed by atoms with van der Waals surface area (Å²) < 4.78 is 11.7. The van der Waals surface area contributed by atoms with E-state index in [1.807, 2.05) is 0 Å². The lowest BCUT2D eigenvalue weighted by Gasteiger charge is -2.21. The highest BCUT2D eigenvalue weighted by Crippen LogP contribution is 2.23. The number of aromatic nitrogens is 4. The van der Waals surface area contributed by atoms with Crippen LogP contribution in [0.25, 0.3) is 5.69 Å². The number of carbonyl (C=O) groups excluding carboxylic acids is 1. The summed E-state index contributed by atoms with van der Waals surface area (Å²) in [5.41, 5.74) is 2.32. The number of oxazole rings is 2. The molecule has 0 spiro atoms. The average Bonchev–Trinajstić information content (AvgIpc) is 3.44. The molecule has 0 N–H and O–H groups in total. The second-order valence-electron chi connectivity index (χ2n) is 5.74. The van der Waals surface area contributed by atoms with E-state index >= 15 is 0 Å². The van der Waals surface area contributed by atoms with Gasteiger partial charge in [-0.05, 0) is 24.3 Å². The molecule has 3 aromatic heterocycles. The van der Waals surface area contributed by atoms with E-state index in [1.54, 1.807) is 46.2 Å². The number of benzene rings is 1. The van der Waals surface area contributed by atoms with Crippen LogP contribution in [0, 0.1) is 0 Å². The molecule has 0 aliphatic rings. The van der Waals surface area contributed by atoms with Crippen LogP contribution in [-0.4, -0.2) is 30.6 Å². The van der Waals surface area contributed by atoms with Crippen LogP contribution >= 0.6 is 11.6 Å². The minimum absolute atomic E-state index is 0.241. The molecule has 1 amide bonds. The number of amides is 1. The minimum Gasteiger partial charge on any atom is -0.451 e. The molecule has 0 atom stereocenters. The van der Waals surface area contributed by atoms with Crippen molar-refractivity contribution < 1.29 is 13.6 Å². The second-order valence-corrected chi connectivity index (χ2v) is 6.14. The molecule has 0 radical (unpaired) electrons. The smallest absolute Gasteiger partial charge is 0.256 e. The van der Waals surface area contributed by atoms with Crippen LogP contribution in [0.1, 0.15) is 21.7 Å². The Kier molecular flexibility index (Phi) is 4.71. The molecule has 0 unspecified atom stereocenters. The van der Waals surface area contributed by atoms with Gasteiger partial charge < -0.3 is 13.7 Å². The lowest BCUT2D eigenvalue weighted by molar-refractivity contribution is 0.0726. The van der Waals surface area contributed by atoms with Crippen LogP contribution in [0.3, 0.4) is 0 Å². The van der Waals surface area contributed by atoms with E-state index in [0.717, 1.165) is 5.69 Å². The minimum atomic E-state index is -0.264. The molecule has 4 rings (SSSR count). The first-order valence-corrected chi connectivity index (χ1v) is 8.41. The van der Waals surface area contributed by atoms with Crippen molar-refractivity contribution in [3.63, 3.8) is 0 Å². The molecule has 4 aromatic rings. The second kappa shape index (κ2) is 7.46. The van der Waals surface area contributed by atoms with Gasteiger partial charge in [0.05, 0.1) is 40.8 Å². The molecule has 1 aromatic carbocycles.